The third-order valence-electron chi connectivity index (χ3n) is 7.36. The SMILES string of the molecule is CC(c1cccc2ccccc12)n1cc2c(=O)c3ccccc3[nH]c2c1-c1ccc2c(c1)CCO2. The maximum Gasteiger partial charge on any atom is 0.198 e. The summed E-state index contributed by atoms with van der Waals surface area (Å²) < 4.78 is 8.03. The molecule has 0 spiro atoms. The summed E-state index contributed by atoms with van der Waals surface area (Å²) in [5.41, 5.74) is 6.34. The molecule has 0 radical (unpaired) electrons. The molecule has 1 unspecified atom stereocenters. The van der Waals surface area contributed by atoms with Crippen LogP contribution in [0, 0.1) is 0 Å². The standard InChI is InChI=1S/C31H24N2O2/c1-19(23-11-6-8-20-7-2-3-9-24(20)23)33-18-26-29(32-27-12-5-4-10-25(27)31(26)34)30(33)22-13-14-28-21(17-22)15-16-35-28/h2-14,17-19,32H,15-16H2,1H3. The Balaban J connectivity index is 1.55. The van der Waals surface area contributed by atoms with E-state index in [2.05, 4.69) is 77.1 Å². The van der Waals surface area contributed by atoms with E-state index in [0.29, 0.717) is 17.4 Å². The average molecular weight is 457 g/mol. The Morgan fingerprint density at radius 2 is 1.69 bits per heavy atom. The second-order valence-corrected chi connectivity index (χ2v) is 9.34. The van der Waals surface area contributed by atoms with Crippen molar-refractivity contribution in [2.75, 3.05) is 6.61 Å². The minimum atomic E-state index is 0.0175. The molecule has 0 bridgehead atoms. The van der Waals surface area contributed by atoms with Crippen molar-refractivity contribution < 1.29 is 4.74 Å². The van der Waals surface area contributed by atoms with Crippen LogP contribution >= 0.6 is 0 Å². The molecule has 1 N–H and O–H groups in total. The van der Waals surface area contributed by atoms with Gasteiger partial charge in [0.25, 0.3) is 0 Å². The zero-order valence-corrected chi connectivity index (χ0v) is 19.4. The molecule has 0 fully saturated rings. The Hall–Kier alpha value is -4.31. The second-order valence-electron chi connectivity index (χ2n) is 9.34. The number of nitrogens with zero attached hydrogens (tertiary/aromatic N) is 1. The lowest BCUT2D eigenvalue weighted by atomic mass is 9.98. The van der Waals surface area contributed by atoms with Crippen LogP contribution in [-0.4, -0.2) is 16.2 Å². The highest BCUT2D eigenvalue weighted by atomic mass is 16.5. The molecular weight excluding hydrogens is 432 g/mol. The summed E-state index contributed by atoms with van der Waals surface area (Å²) in [7, 11) is 0. The highest BCUT2D eigenvalue weighted by Gasteiger charge is 2.23. The number of aromatic amines is 1. The lowest BCUT2D eigenvalue weighted by Gasteiger charge is -2.20. The van der Waals surface area contributed by atoms with Crippen LogP contribution in [0.4, 0.5) is 0 Å². The van der Waals surface area contributed by atoms with Gasteiger partial charge in [0, 0.05) is 29.1 Å². The molecule has 4 aromatic carbocycles. The van der Waals surface area contributed by atoms with Crippen molar-refractivity contribution in [3.05, 3.63) is 112 Å². The first-order valence-corrected chi connectivity index (χ1v) is 12.1. The van der Waals surface area contributed by atoms with E-state index in [1.54, 1.807) is 0 Å². The zero-order valence-electron chi connectivity index (χ0n) is 19.4. The van der Waals surface area contributed by atoms with Gasteiger partial charge in [0.05, 0.1) is 29.2 Å². The van der Waals surface area contributed by atoms with Gasteiger partial charge in [-0.1, -0.05) is 54.6 Å². The lowest BCUT2D eigenvalue weighted by Crippen LogP contribution is -2.08. The predicted molar refractivity (Wildman–Crippen MR) is 142 cm³/mol. The van der Waals surface area contributed by atoms with Gasteiger partial charge in [-0.15, -0.1) is 0 Å². The summed E-state index contributed by atoms with van der Waals surface area (Å²) >= 11 is 0. The average Bonchev–Trinajstić information content (AvgIpc) is 3.52. The van der Waals surface area contributed by atoms with Gasteiger partial charge >= 0.3 is 0 Å². The van der Waals surface area contributed by atoms with Crippen molar-refractivity contribution in [1.29, 1.82) is 0 Å². The van der Waals surface area contributed by atoms with Crippen molar-refractivity contribution in [3.8, 4) is 17.0 Å². The molecule has 0 amide bonds. The number of nitrogens with one attached hydrogen (secondary N) is 1. The maximum absolute atomic E-state index is 13.6. The number of ether oxygens (including phenoxy) is 1. The van der Waals surface area contributed by atoms with E-state index in [4.69, 9.17) is 4.74 Å². The molecule has 6 aromatic rings. The van der Waals surface area contributed by atoms with Crippen molar-refractivity contribution in [3.63, 3.8) is 0 Å². The topological polar surface area (TPSA) is 47.0 Å². The molecule has 0 saturated carbocycles. The molecule has 35 heavy (non-hydrogen) atoms. The molecule has 1 aliphatic heterocycles. The fourth-order valence-corrected chi connectivity index (χ4v) is 5.59. The van der Waals surface area contributed by atoms with Crippen LogP contribution < -0.4 is 10.2 Å². The molecule has 170 valence electrons. The largest absolute Gasteiger partial charge is 0.493 e. The summed E-state index contributed by atoms with van der Waals surface area (Å²) in [6.45, 7) is 2.93. The van der Waals surface area contributed by atoms with Crippen molar-refractivity contribution in [2.24, 2.45) is 0 Å². The van der Waals surface area contributed by atoms with E-state index in [-0.39, 0.29) is 11.5 Å². The summed E-state index contributed by atoms with van der Waals surface area (Å²) in [6.07, 6.45) is 2.94. The van der Waals surface area contributed by atoms with Gasteiger partial charge in [0.2, 0.25) is 0 Å². The van der Waals surface area contributed by atoms with Crippen LogP contribution in [0.3, 0.4) is 0 Å². The molecule has 4 heteroatoms. The highest BCUT2D eigenvalue weighted by molar-refractivity contribution is 6.00. The molecular formula is C31H24N2O2. The van der Waals surface area contributed by atoms with Gasteiger partial charge < -0.3 is 14.3 Å². The van der Waals surface area contributed by atoms with Gasteiger partial charge in [0.15, 0.2) is 5.43 Å². The Labute approximate surface area is 202 Å². The van der Waals surface area contributed by atoms with E-state index in [1.807, 2.05) is 30.5 Å². The molecule has 0 aliphatic carbocycles. The molecule has 2 aromatic heterocycles. The molecule has 4 nitrogen and oxygen atoms in total. The van der Waals surface area contributed by atoms with E-state index in [1.165, 1.54) is 21.9 Å². The van der Waals surface area contributed by atoms with Crippen LogP contribution in [0.1, 0.15) is 24.1 Å². The molecule has 7 rings (SSSR count). The second kappa shape index (κ2) is 7.60. The number of hydrogen-bond donors (Lipinski definition) is 1. The Morgan fingerprint density at radius 3 is 2.60 bits per heavy atom. The number of pyridine rings is 1. The van der Waals surface area contributed by atoms with Gasteiger partial charge in [-0.3, -0.25) is 4.79 Å². The summed E-state index contributed by atoms with van der Waals surface area (Å²) in [5, 5.41) is 3.86. The fourth-order valence-electron chi connectivity index (χ4n) is 5.59. The van der Waals surface area contributed by atoms with E-state index in [9.17, 15) is 4.79 Å². The molecule has 1 aliphatic rings. The van der Waals surface area contributed by atoms with Crippen LogP contribution in [0.2, 0.25) is 0 Å². The van der Waals surface area contributed by atoms with Crippen LogP contribution in [0.5, 0.6) is 5.75 Å². The van der Waals surface area contributed by atoms with Crippen LogP contribution in [-0.2, 0) is 6.42 Å². The number of fused-ring (bicyclic) bond motifs is 4. The number of rotatable bonds is 3. The number of benzene rings is 4. The Morgan fingerprint density at radius 1 is 0.886 bits per heavy atom. The number of para-hydroxylation sites is 1. The summed E-state index contributed by atoms with van der Waals surface area (Å²) in [5.74, 6) is 0.956. The number of H-pyrrole nitrogens is 1. The highest BCUT2D eigenvalue weighted by Crippen LogP contribution is 2.38. The van der Waals surface area contributed by atoms with Gasteiger partial charge in [-0.2, -0.15) is 0 Å². The lowest BCUT2D eigenvalue weighted by molar-refractivity contribution is 0.357. The fraction of sp³-hybridized carbons (Fsp3) is 0.129. The first-order valence-electron chi connectivity index (χ1n) is 12.1. The van der Waals surface area contributed by atoms with Crippen molar-refractivity contribution in [2.45, 2.75) is 19.4 Å². The quantitative estimate of drug-likeness (QED) is 0.317. The molecule has 1 atom stereocenters. The maximum atomic E-state index is 13.6. The monoisotopic (exact) mass is 456 g/mol. The van der Waals surface area contributed by atoms with Gasteiger partial charge in [-0.05, 0) is 59.2 Å². The summed E-state index contributed by atoms with van der Waals surface area (Å²) in [4.78, 5) is 17.2. The summed E-state index contributed by atoms with van der Waals surface area (Å²) in [6, 6.07) is 29.1. The smallest absolute Gasteiger partial charge is 0.198 e. The van der Waals surface area contributed by atoms with E-state index in [0.717, 1.165) is 34.5 Å². The number of aromatic nitrogens is 2. The first kappa shape index (κ1) is 20.1. The Bertz CT molecular complexity index is 1820. The van der Waals surface area contributed by atoms with Gasteiger partial charge in [-0.25, -0.2) is 0 Å². The Kier molecular flexibility index (Phi) is 4.37. The van der Waals surface area contributed by atoms with Crippen molar-refractivity contribution >= 4 is 32.6 Å². The first-order chi connectivity index (χ1) is 17.2. The van der Waals surface area contributed by atoms with Crippen LogP contribution in [0.25, 0.3) is 43.8 Å². The molecule has 0 saturated heterocycles. The third-order valence-corrected chi connectivity index (χ3v) is 7.36. The van der Waals surface area contributed by atoms with E-state index < -0.39 is 0 Å². The van der Waals surface area contributed by atoms with Crippen LogP contribution in [0.15, 0.2) is 95.9 Å². The van der Waals surface area contributed by atoms with E-state index >= 15 is 0 Å². The van der Waals surface area contributed by atoms with Crippen molar-refractivity contribution in [1.82, 2.24) is 9.55 Å². The zero-order chi connectivity index (χ0) is 23.5. The minimum absolute atomic E-state index is 0.0175. The minimum Gasteiger partial charge on any atom is -0.493 e. The number of hydrogen-bond acceptors (Lipinski definition) is 2. The third kappa shape index (κ3) is 3.03. The van der Waals surface area contributed by atoms with Gasteiger partial charge in [0.1, 0.15) is 5.75 Å². The normalized spacial score (nSPS) is 13.9. The molecule has 3 heterocycles. The predicted octanol–water partition coefficient (Wildman–Crippen LogP) is 6.85.